The van der Waals surface area contributed by atoms with Crippen molar-refractivity contribution in [3.8, 4) is 23.0 Å². The number of benzene rings is 2. The minimum Gasteiger partial charge on any atom is -0.496 e. The molecule has 0 aliphatic heterocycles. The lowest BCUT2D eigenvalue weighted by Gasteiger charge is -2.19. The van der Waals surface area contributed by atoms with Crippen LogP contribution in [0.3, 0.4) is 0 Å². The quantitative estimate of drug-likeness (QED) is 0.631. The molecule has 1 aromatic heterocycles. The van der Waals surface area contributed by atoms with Crippen LogP contribution in [0.1, 0.15) is 26.3 Å². The van der Waals surface area contributed by atoms with Gasteiger partial charge < -0.3 is 18.6 Å². The highest BCUT2D eigenvalue weighted by atomic mass is 16.5. The molecule has 0 fully saturated rings. The van der Waals surface area contributed by atoms with Crippen molar-refractivity contribution in [3.05, 3.63) is 48.2 Å². The molecule has 0 saturated carbocycles. The maximum absolute atomic E-state index is 6.00. The van der Waals surface area contributed by atoms with Crippen molar-refractivity contribution < 1.29 is 18.6 Å². The molecule has 0 spiro atoms. The third kappa shape index (κ3) is 3.04. The second kappa shape index (κ2) is 6.11. The van der Waals surface area contributed by atoms with Crippen molar-refractivity contribution in [2.75, 3.05) is 14.2 Å². The summed E-state index contributed by atoms with van der Waals surface area (Å²) in [5, 5.41) is 0.790. The van der Waals surface area contributed by atoms with Crippen LogP contribution in [0.25, 0.3) is 11.0 Å². The Hall–Kier alpha value is -2.62. The lowest BCUT2D eigenvalue weighted by Crippen LogP contribution is -2.10. The SMILES string of the molecule is COc1cc(OC)c2c(Oc3ccc(C(C)(C)C)cc3)coc2c1. The third-order valence-electron chi connectivity index (χ3n) is 3.98. The first-order valence-electron chi connectivity index (χ1n) is 7.84. The van der Waals surface area contributed by atoms with Gasteiger partial charge in [0.25, 0.3) is 0 Å². The normalized spacial score (nSPS) is 11.5. The molecule has 0 radical (unpaired) electrons. The zero-order valence-electron chi connectivity index (χ0n) is 14.7. The van der Waals surface area contributed by atoms with Crippen molar-refractivity contribution in [2.24, 2.45) is 0 Å². The van der Waals surface area contributed by atoms with Gasteiger partial charge in [-0.15, -0.1) is 0 Å². The van der Waals surface area contributed by atoms with Crippen molar-refractivity contribution >= 4 is 11.0 Å². The molecular weight excluding hydrogens is 304 g/mol. The zero-order valence-corrected chi connectivity index (χ0v) is 14.7. The molecule has 2 aromatic carbocycles. The Kier molecular flexibility index (Phi) is 4.14. The van der Waals surface area contributed by atoms with E-state index in [1.165, 1.54) is 5.56 Å². The van der Waals surface area contributed by atoms with Gasteiger partial charge in [0.15, 0.2) is 5.75 Å². The lowest BCUT2D eigenvalue weighted by atomic mass is 9.87. The van der Waals surface area contributed by atoms with Gasteiger partial charge in [-0.2, -0.15) is 0 Å². The Balaban J connectivity index is 1.96. The average Bonchev–Trinajstić information content (AvgIpc) is 2.96. The fraction of sp³-hybridized carbons (Fsp3) is 0.300. The number of methoxy groups -OCH3 is 2. The van der Waals surface area contributed by atoms with Crippen LogP contribution in [-0.2, 0) is 5.41 Å². The van der Waals surface area contributed by atoms with E-state index in [9.17, 15) is 0 Å². The molecule has 3 rings (SSSR count). The van der Waals surface area contributed by atoms with Crippen molar-refractivity contribution in [2.45, 2.75) is 26.2 Å². The fourth-order valence-electron chi connectivity index (χ4n) is 2.58. The topological polar surface area (TPSA) is 40.8 Å². The van der Waals surface area contributed by atoms with E-state index in [1.807, 2.05) is 24.3 Å². The van der Waals surface area contributed by atoms with Gasteiger partial charge >= 0.3 is 0 Å². The first-order valence-corrected chi connectivity index (χ1v) is 7.84. The standard InChI is InChI=1S/C20H22O4/c1-20(2,3)13-6-8-14(9-7-13)24-18-12-23-17-11-15(21-4)10-16(22-5)19(17)18/h6-12H,1-5H3. The Morgan fingerprint density at radius 1 is 0.833 bits per heavy atom. The summed E-state index contributed by atoms with van der Waals surface area (Å²) in [6, 6.07) is 11.7. The minimum atomic E-state index is 0.112. The zero-order chi connectivity index (χ0) is 17.3. The molecule has 1 heterocycles. The second-order valence-corrected chi connectivity index (χ2v) is 6.68. The van der Waals surface area contributed by atoms with E-state index in [0.717, 1.165) is 11.1 Å². The monoisotopic (exact) mass is 326 g/mol. The molecule has 0 bridgehead atoms. The van der Waals surface area contributed by atoms with Crippen LogP contribution in [0.5, 0.6) is 23.0 Å². The Labute approximate surface area is 141 Å². The number of hydrogen-bond acceptors (Lipinski definition) is 4. The van der Waals surface area contributed by atoms with E-state index in [0.29, 0.717) is 22.8 Å². The summed E-state index contributed by atoms with van der Waals surface area (Å²) in [5.41, 5.74) is 2.03. The van der Waals surface area contributed by atoms with Crippen molar-refractivity contribution in [1.82, 2.24) is 0 Å². The summed E-state index contributed by atoms with van der Waals surface area (Å²) in [5.74, 6) is 2.70. The smallest absolute Gasteiger partial charge is 0.177 e. The van der Waals surface area contributed by atoms with Crippen LogP contribution in [-0.4, -0.2) is 14.2 Å². The van der Waals surface area contributed by atoms with Gasteiger partial charge in [-0.05, 0) is 23.1 Å². The van der Waals surface area contributed by atoms with Crippen LogP contribution in [0.2, 0.25) is 0 Å². The molecule has 0 saturated heterocycles. The molecule has 4 heteroatoms. The molecule has 126 valence electrons. The average molecular weight is 326 g/mol. The second-order valence-electron chi connectivity index (χ2n) is 6.68. The predicted molar refractivity (Wildman–Crippen MR) is 94.5 cm³/mol. The van der Waals surface area contributed by atoms with E-state index < -0.39 is 0 Å². The molecule has 0 amide bonds. The summed E-state index contributed by atoms with van der Waals surface area (Å²) in [7, 11) is 3.22. The van der Waals surface area contributed by atoms with Crippen molar-refractivity contribution in [1.29, 1.82) is 0 Å². The first-order chi connectivity index (χ1) is 11.4. The van der Waals surface area contributed by atoms with Crippen LogP contribution < -0.4 is 14.2 Å². The summed E-state index contributed by atoms with van der Waals surface area (Å²) in [6.07, 6.45) is 1.59. The number of fused-ring (bicyclic) bond motifs is 1. The predicted octanol–water partition coefficient (Wildman–Crippen LogP) is 5.54. The fourth-order valence-corrected chi connectivity index (χ4v) is 2.58. The summed E-state index contributed by atoms with van der Waals surface area (Å²) < 4.78 is 22.3. The largest absolute Gasteiger partial charge is 0.496 e. The van der Waals surface area contributed by atoms with Crippen LogP contribution in [0.15, 0.2) is 47.1 Å². The maximum Gasteiger partial charge on any atom is 0.177 e. The summed E-state index contributed by atoms with van der Waals surface area (Å²) in [4.78, 5) is 0. The van der Waals surface area contributed by atoms with E-state index in [2.05, 4.69) is 32.9 Å². The van der Waals surface area contributed by atoms with Gasteiger partial charge in [0.2, 0.25) is 0 Å². The lowest BCUT2D eigenvalue weighted by molar-refractivity contribution is 0.396. The Morgan fingerprint density at radius 2 is 1.54 bits per heavy atom. The van der Waals surface area contributed by atoms with E-state index >= 15 is 0 Å². The number of hydrogen-bond donors (Lipinski definition) is 0. The van der Waals surface area contributed by atoms with Gasteiger partial charge in [-0.25, -0.2) is 0 Å². The summed E-state index contributed by atoms with van der Waals surface area (Å²) >= 11 is 0. The molecular formula is C20H22O4. The highest BCUT2D eigenvalue weighted by molar-refractivity contribution is 5.91. The number of rotatable bonds is 4. The summed E-state index contributed by atoms with van der Waals surface area (Å²) in [6.45, 7) is 6.56. The van der Waals surface area contributed by atoms with Gasteiger partial charge in [-0.1, -0.05) is 32.9 Å². The first kappa shape index (κ1) is 16.2. The molecule has 0 aliphatic carbocycles. The van der Waals surface area contributed by atoms with E-state index in [-0.39, 0.29) is 5.41 Å². The van der Waals surface area contributed by atoms with Gasteiger partial charge in [-0.3, -0.25) is 0 Å². The molecule has 24 heavy (non-hydrogen) atoms. The molecule has 0 aliphatic rings. The minimum absolute atomic E-state index is 0.112. The van der Waals surface area contributed by atoms with Crippen molar-refractivity contribution in [3.63, 3.8) is 0 Å². The maximum atomic E-state index is 6.00. The molecule has 4 nitrogen and oxygen atoms in total. The number of furan rings is 1. The van der Waals surface area contributed by atoms with Gasteiger partial charge in [0, 0.05) is 12.1 Å². The van der Waals surface area contributed by atoms with Crippen LogP contribution in [0.4, 0.5) is 0 Å². The molecule has 3 aromatic rings. The highest BCUT2D eigenvalue weighted by Gasteiger charge is 2.17. The third-order valence-corrected chi connectivity index (χ3v) is 3.98. The highest BCUT2D eigenvalue weighted by Crippen LogP contribution is 2.41. The van der Waals surface area contributed by atoms with Crippen LogP contribution in [0, 0.1) is 0 Å². The van der Waals surface area contributed by atoms with E-state index in [4.69, 9.17) is 18.6 Å². The van der Waals surface area contributed by atoms with Gasteiger partial charge in [0.1, 0.15) is 34.5 Å². The Morgan fingerprint density at radius 3 is 2.12 bits per heavy atom. The molecule has 0 atom stereocenters. The Bertz CT molecular complexity index is 838. The van der Waals surface area contributed by atoms with E-state index in [1.54, 1.807) is 20.5 Å². The molecule has 0 N–H and O–H groups in total. The van der Waals surface area contributed by atoms with Gasteiger partial charge in [0.05, 0.1) is 14.2 Å². The van der Waals surface area contributed by atoms with Crippen LogP contribution >= 0.6 is 0 Å². The number of ether oxygens (including phenoxy) is 3. The molecule has 0 unspecified atom stereocenters.